The first-order valence-electron chi connectivity index (χ1n) is 2.73. The van der Waals surface area contributed by atoms with Crippen LogP contribution < -0.4 is 0 Å². The predicted molar refractivity (Wildman–Crippen MR) is 32.1 cm³/mol. The van der Waals surface area contributed by atoms with Crippen molar-refractivity contribution >= 4 is 17.7 Å². The SMILES string of the molecule is CC(=O)CC(=O)OC(C)=O.[Pt].[Pt]. The Hall–Kier alpha value is 0.187. The molecule has 0 atom stereocenters. The van der Waals surface area contributed by atoms with Crippen LogP contribution >= 0.6 is 0 Å². The molecule has 0 aliphatic rings. The Morgan fingerprint density at radius 3 is 1.75 bits per heavy atom. The Bertz CT molecular complexity index is 160. The molecule has 0 rings (SSSR count). The van der Waals surface area contributed by atoms with Gasteiger partial charge in [-0.15, -0.1) is 0 Å². The number of carbonyl (C=O) groups is 3. The molecule has 4 nitrogen and oxygen atoms in total. The zero-order valence-electron chi connectivity index (χ0n) is 6.47. The summed E-state index contributed by atoms with van der Waals surface area (Å²) in [5, 5.41) is 0. The number of Topliss-reactive ketones (excluding diaryl/α,β-unsaturated/α-hetero) is 1. The molecule has 12 heavy (non-hydrogen) atoms. The summed E-state index contributed by atoms with van der Waals surface area (Å²) in [4.78, 5) is 30.7. The number of ketones is 1. The molecule has 6 heteroatoms. The van der Waals surface area contributed by atoms with E-state index in [0.29, 0.717) is 0 Å². The van der Waals surface area contributed by atoms with Crippen molar-refractivity contribution in [2.24, 2.45) is 0 Å². The van der Waals surface area contributed by atoms with Gasteiger partial charge in [-0.1, -0.05) is 0 Å². The van der Waals surface area contributed by atoms with Gasteiger partial charge in [-0.3, -0.25) is 14.4 Å². The molecular weight excluding hydrogens is 526 g/mol. The minimum absolute atomic E-state index is 0. The number of hydrogen-bond donors (Lipinski definition) is 0. The molecule has 0 saturated heterocycles. The molecule has 0 fully saturated rings. The Morgan fingerprint density at radius 1 is 1.08 bits per heavy atom. The van der Waals surface area contributed by atoms with Crippen LogP contribution in [-0.4, -0.2) is 17.7 Å². The maximum absolute atomic E-state index is 10.4. The van der Waals surface area contributed by atoms with Crippen molar-refractivity contribution in [1.29, 1.82) is 0 Å². The number of ether oxygens (including phenoxy) is 1. The smallest absolute Gasteiger partial charge is 0.320 e. The van der Waals surface area contributed by atoms with Crippen LogP contribution in [-0.2, 0) is 61.3 Å². The molecular formula is C6H8O4Pt2. The zero-order valence-corrected chi connectivity index (χ0v) is 11.0. The van der Waals surface area contributed by atoms with E-state index in [4.69, 9.17) is 0 Å². The quantitative estimate of drug-likeness (QED) is 0.372. The summed E-state index contributed by atoms with van der Waals surface area (Å²) in [5.41, 5.74) is 0. The van der Waals surface area contributed by atoms with Crippen LogP contribution in [0.4, 0.5) is 0 Å². The van der Waals surface area contributed by atoms with Crippen molar-refractivity contribution in [1.82, 2.24) is 0 Å². The first-order valence-corrected chi connectivity index (χ1v) is 2.73. The third-order valence-electron chi connectivity index (χ3n) is 0.651. The summed E-state index contributed by atoms with van der Waals surface area (Å²) >= 11 is 0. The van der Waals surface area contributed by atoms with Crippen LogP contribution in [0, 0.1) is 0 Å². The fourth-order valence-electron chi connectivity index (χ4n) is 0.400. The average molecular weight is 534 g/mol. The van der Waals surface area contributed by atoms with Crippen LogP contribution in [0.15, 0.2) is 0 Å². The van der Waals surface area contributed by atoms with Gasteiger partial charge in [0.1, 0.15) is 12.2 Å². The van der Waals surface area contributed by atoms with Crippen molar-refractivity contribution < 1.29 is 61.3 Å². The number of esters is 2. The second-order valence-corrected chi connectivity index (χ2v) is 1.84. The molecule has 0 aliphatic heterocycles. The topological polar surface area (TPSA) is 60.4 Å². The maximum Gasteiger partial charge on any atom is 0.320 e. The second-order valence-electron chi connectivity index (χ2n) is 1.84. The largest absolute Gasteiger partial charge is 0.393 e. The Kier molecular flexibility index (Phi) is 14.0. The van der Waals surface area contributed by atoms with Gasteiger partial charge < -0.3 is 4.74 Å². The van der Waals surface area contributed by atoms with Crippen LogP contribution in [0.25, 0.3) is 0 Å². The van der Waals surface area contributed by atoms with E-state index in [2.05, 4.69) is 4.74 Å². The fourth-order valence-corrected chi connectivity index (χ4v) is 0.400. The molecule has 0 aliphatic carbocycles. The van der Waals surface area contributed by atoms with Crippen LogP contribution in [0.3, 0.4) is 0 Å². The summed E-state index contributed by atoms with van der Waals surface area (Å²) in [5.74, 6) is -1.79. The van der Waals surface area contributed by atoms with Crippen LogP contribution in [0.2, 0.25) is 0 Å². The molecule has 0 spiro atoms. The van der Waals surface area contributed by atoms with Gasteiger partial charge >= 0.3 is 11.9 Å². The fraction of sp³-hybridized carbons (Fsp3) is 0.500. The zero-order chi connectivity index (χ0) is 8.15. The summed E-state index contributed by atoms with van der Waals surface area (Å²) in [7, 11) is 0. The van der Waals surface area contributed by atoms with E-state index in [0.717, 1.165) is 6.92 Å². The average Bonchev–Trinajstić information content (AvgIpc) is 1.58. The first-order chi connectivity index (χ1) is 4.52. The number of hydrogen-bond acceptors (Lipinski definition) is 4. The van der Waals surface area contributed by atoms with Gasteiger partial charge in [0, 0.05) is 49.1 Å². The van der Waals surface area contributed by atoms with E-state index in [1.165, 1.54) is 6.92 Å². The molecule has 0 N–H and O–H groups in total. The molecule has 0 unspecified atom stereocenters. The monoisotopic (exact) mass is 534 g/mol. The van der Waals surface area contributed by atoms with Gasteiger partial charge in [0.15, 0.2) is 0 Å². The Morgan fingerprint density at radius 2 is 1.50 bits per heavy atom. The van der Waals surface area contributed by atoms with Gasteiger partial charge in [-0.2, -0.15) is 0 Å². The van der Waals surface area contributed by atoms with Gasteiger partial charge in [-0.25, -0.2) is 0 Å². The van der Waals surface area contributed by atoms with Gasteiger partial charge in [0.2, 0.25) is 0 Å². The van der Waals surface area contributed by atoms with Crippen LogP contribution in [0.1, 0.15) is 20.3 Å². The van der Waals surface area contributed by atoms with Crippen LogP contribution in [0.5, 0.6) is 0 Å². The van der Waals surface area contributed by atoms with E-state index in [1.807, 2.05) is 0 Å². The second kappa shape index (κ2) is 9.28. The van der Waals surface area contributed by atoms with Gasteiger partial charge in [0.05, 0.1) is 0 Å². The predicted octanol–water partition coefficient (Wildman–Crippen LogP) is 0.0502. The number of rotatable bonds is 2. The molecule has 0 bridgehead atoms. The molecule has 0 aromatic carbocycles. The summed E-state index contributed by atoms with van der Waals surface area (Å²) in [6.45, 7) is 2.36. The molecule has 76 valence electrons. The third-order valence-corrected chi connectivity index (χ3v) is 0.651. The number of carbonyl (C=O) groups excluding carboxylic acids is 3. The van der Waals surface area contributed by atoms with E-state index >= 15 is 0 Å². The molecule has 0 saturated carbocycles. The summed E-state index contributed by atoms with van der Waals surface area (Å²) in [6, 6.07) is 0. The van der Waals surface area contributed by atoms with Gasteiger partial charge in [0.25, 0.3) is 0 Å². The molecule has 0 radical (unpaired) electrons. The minimum atomic E-state index is -0.792. The third kappa shape index (κ3) is 12.8. The minimum Gasteiger partial charge on any atom is -0.393 e. The van der Waals surface area contributed by atoms with E-state index < -0.39 is 11.9 Å². The Labute approximate surface area is 98.9 Å². The molecule has 0 aromatic heterocycles. The van der Waals surface area contributed by atoms with Crippen molar-refractivity contribution in [3.63, 3.8) is 0 Å². The molecule has 0 aromatic rings. The normalized spacial score (nSPS) is 7.17. The van der Waals surface area contributed by atoms with Crippen molar-refractivity contribution in [3.8, 4) is 0 Å². The van der Waals surface area contributed by atoms with Crippen molar-refractivity contribution in [3.05, 3.63) is 0 Å². The van der Waals surface area contributed by atoms with E-state index in [1.54, 1.807) is 0 Å². The van der Waals surface area contributed by atoms with E-state index in [9.17, 15) is 14.4 Å². The van der Waals surface area contributed by atoms with E-state index in [-0.39, 0.29) is 54.3 Å². The molecule has 0 heterocycles. The summed E-state index contributed by atoms with van der Waals surface area (Å²) < 4.78 is 4.06. The van der Waals surface area contributed by atoms with Gasteiger partial charge in [-0.05, 0) is 6.92 Å². The van der Waals surface area contributed by atoms with Crippen molar-refractivity contribution in [2.45, 2.75) is 20.3 Å². The summed E-state index contributed by atoms with van der Waals surface area (Å²) in [6.07, 6.45) is -0.334. The van der Waals surface area contributed by atoms with Crippen molar-refractivity contribution in [2.75, 3.05) is 0 Å². The molecule has 0 amide bonds. The first kappa shape index (κ1) is 18.1. The maximum atomic E-state index is 10.4. The Balaban J connectivity index is -0.000000405. The standard InChI is InChI=1S/C6H8O4.2Pt/c1-4(7)3-6(9)10-5(2)8;;/h3H2,1-2H3;;.